The van der Waals surface area contributed by atoms with Crippen LogP contribution in [0.2, 0.25) is 0 Å². The van der Waals surface area contributed by atoms with Crippen molar-refractivity contribution in [1.82, 2.24) is 4.57 Å². The van der Waals surface area contributed by atoms with Gasteiger partial charge in [-0.15, -0.1) is 0 Å². The van der Waals surface area contributed by atoms with Gasteiger partial charge in [0.05, 0.1) is 26.8 Å². The number of nitro groups is 1. The van der Waals surface area contributed by atoms with E-state index in [4.69, 9.17) is 13.9 Å². The highest BCUT2D eigenvalue weighted by Gasteiger charge is 2.33. The maximum atomic E-state index is 13.8. The number of aromatic nitrogens is 1. The van der Waals surface area contributed by atoms with Gasteiger partial charge < -0.3 is 13.9 Å². The Morgan fingerprint density at radius 3 is 2.50 bits per heavy atom. The summed E-state index contributed by atoms with van der Waals surface area (Å²) in [6.07, 6.45) is 3.02. The highest BCUT2D eigenvalue weighted by Crippen LogP contribution is 2.32. The van der Waals surface area contributed by atoms with Crippen molar-refractivity contribution in [3.05, 3.63) is 126 Å². The number of nitro benzene ring substituents is 1. The summed E-state index contributed by atoms with van der Waals surface area (Å²) in [4.78, 5) is 53.7. The second kappa shape index (κ2) is 11.6. The average Bonchev–Trinajstić information content (AvgIpc) is 3.55. The minimum Gasteiger partial charge on any atom is -0.458 e. The van der Waals surface area contributed by atoms with Crippen LogP contribution in [0.4, 0.5) is 5.69 Å². The van der Waals surface area contributed by atoms with Crippen LogP contribution in [0, 0.1) is 10.1 Å². The Morgan fingerprint density at radius 2 is 1.86 bits per heavy atom. The molecule has 0 N–H and O–H groups in total. The van der Waals surface area contributed by atoms with Crippen molar-refractivity contribution in [2.45, 2.75) is 19.9 Å². The van der Waals surface area contributed by atoms with Crippen molar-refractivity contribution in [3.8, 4) is 17.1 Å². The second-order valence-corrected chi connectivity index (χ2v) is 10.1. The molecule has 2 aromatic carbocycles. The molecular formula is C30H23N3O8S. The van der Waals surface area contributed by atoms with Gasteiger partial charge in [0.2, 0.25) is 0 Å². The molecule has 1 atom stereocenters. The molecule has 0 amide bonds. The number of esters is 2. The van der Waals surface area contributed by atoms with Crippen LogP contribution in [0.3, 0.4) is 0 Å². The van der Waals surface area contributed by atoms with Gasteiger partial charge in [-0.25, -0.2) is 9.79 Å². The quantitative estimate of drug-likeness (QED) is 0.0991. The van der Waals surface area contributed by atoms with Gasteiger partial charge in [-0.05, 0) is 48.9 Å². The van der Waals surface area contributed by atoms with Crippen LogP contribution in [0.15, 0.2) is 98.8 Å². The highest BCUT2D eigenvalue weighted by molar-refractivity contribution is 7.07. The van der Waals surface area contributed by atoms with E-state index in [9.17, 15) is 24.5 Å². The number of carbonyl (C=O) groups is 2. The number of ether oxygens (including phenoxy) is 2. The number of non-ortho nitro benzene ring substituents is 1. The van der Waals surface area contributed by atoms with Crippen molar-refractivity contribution in [3.63, 3.8) is 0 Å². The topological polar surface area (TPSA) is 143 Å². The molecule has 0 saturated carbocycles. The van der Waals surface area contributed by atoms with E-state index in [1.807, 2.05) is 0 Å². The minimum atomic E-state index is -0.862. The third-order valence-electron chi connectivity index (χ3n) is 6.29. The Balaban J connectivity index is 1.58. The highest BCUT2D eigenvalue weighted by atomic mass is 32.1. The van der Waals surface area contributed by atoms with E-state index in [0.29, 0.717) is 43.4 Å². The first kappa shape index (κ1) is 28.2. The summed E-state index contributed by atoms with van der Waals surface area (Å²) in [5.41, 5.74) is 1.36. The minimum absolute atomic E-state index is 0.0201. The number of hydrogen-bond donors (Lipinski definition) is 0. The van der Waals surface area contributed by atoms with E-state index < -0.39 is 28.5 Å². The molecule has 12 heteroatoms. The molecule has 0 spiro atoms. The van der Waals surface area contributed by atoms with Crippen LogP contribution in [-0.2, 0) is 14.3 Å². The summed E-state index contributed by atoms with van der Waals surface area (Å²) in [7, 11) is 0. The van der Waals surface area contributed by atoms with E-state index in [0.717, 1.165) is 11.3 Å². The zero-order valence-electron chi connectivity index (χ0n) is 22.4. The number of rotatable bonds is 8. The van der Waals surface area contributed by atoms with Crippen molar-refractivity contribution in [2.75, 3.05) is 6.61 Å². The second-order valence-electron chi connectivity index (χ2n) is 9.14. The first-order valence-corrected chi connectivity index (χ1v) is 13.4. The summed E-state index contributed by atoms with van der Waals surface area (Å²) < 4.78 is 18.1. The normalized spacial score (nSPS) is 14.6. The summed E-state index contributed by atoms with van der Waals surface area (Å²) in [5.74, 6) is 0.0554. The van der Waals surface area contributed by atoms with Crippen LogP contribution in [-0.4, -0.2) is 28.0 Å². The molecule has 0 radical (unpaired) electrons. The van der Waals surface area contributed by atoms with Crippen LogP contribution in [0.25, 0.3) is 17.4 Å². The number of thiazole rings is 1. The Bertz CT molecular complexity index is 1930. The molecule has 1 aliphatic heterocycles. The Labute approximate surface area is 242 Å². The van der Waals surface area contributed by atoms with Crippen molar-refractivity contribution in [2.24, 2.45) is 4.99 Å². The van der Waals surface area contributed by atoms with Gasteiger partial charge in [0, 0.05) is 30.7 Å². The van der Waals surface area contributed by atoms with Gasteiger partial charge in [-0.3, -0.25) is 24.3 Å². The molecule has 2 aromatic heterocycles. The number of hydrogen-bond acceptors (Lipinski definition) is 10. The lowest BCUT2D eigenvalue weighted by atomic mass is 9.96. The molecule has 212 valence electrons. The molecule has 5 rings (SSSR count). The Morgan fingerprint density at radius 1 is 1.14 bits per heavy atom. The van der Waals surface area contributed by atoms with Crippen molar-refractivity contribution >= 4 is 35.0 Å². The zero-order valence-corrected chi connectivity index (χ0v) is 23.3. The largest absolute Gasteiger partial charge is 0.458 e. The summed E-state index contributed by atoms with van der Waals surface area (Å²) in [6.45, 7) is 6.52. The van der Waals surface area contributed by atoms with Gasteiger partial charge in [-0.2, -0.15) is 0 Å². The number of nitrogens with zero attached hydrogens (tertiary/aromatic N) is 3. The van der Waals surface area contributed by atoms with E-state index >= 15 is 0 Å². The maximum Gasteiger partial charge on any atom is 0.338 e. The fourth-order valence-electron chi connectivity index (χ4n) is 4.46. The fourth-order valence-corrected chi connectivity index (χ4v) is 5.48. The summed E-state index contributed by atoms with van der Waals surface area (Å²) in [6, 6.07) is 15.0. The molecule has 0 bridgehead atoms. The molecular weight excluding hydrogens is 562 g/mol. The van der Waals surface area contributed by atoms with Gasteiger partial charge in [0.25, 0.3) is 11.2 Å². The predicted octanol–water partition coefficient (Wildman–Crippen LogP) is 4.06. The van der Waals surface area contributed by atoms with Gasteiger partial charge in [0.1, 0.15) is 23.9 Å². The summed E-state index contributed by atoms with van der Waals surface area (Å²) >= 11 is 1.13. The van der Waals surface area contributed by atoms with Gasteiger partial charge in [-0.1, -0.05) is 36.1 Å². The molecule has 11 nitrogen and oxygen atoms in total. The zero-order chi connectivity index (χ0) is 30.0. The Kier molecular flexibility index (Phi) is 7.80. The monoisotopic (exact) mass is 585 g/mol. The lowest BCUT2D eigenvalue weighted by Gasteiger charge is -2.24. The van der Waals surface area contributed by atoms with E-state index in [1.54, 1.807) is 61.5 Å². The molecule has 42 heavy (non-hydrogen) atoms. The molecule has 4 aromatic rings. The molecule has 0 saturated heterocycles. The standard InChI is InChI=1S/C30H23N3O8S/c1-4-15-39-29(36)26-17(2)31-30-32(27(26)20-7-11-22(12-8-20)40-18(3)34)28(35)25(42-30)16-23-13-14-24(41-23)19-5-9-21(10-6-19)33(37)38/h4-14,16,27H,1,15H2,2-3H3/b25-16-. The smallest absolute Gasteiger partial charge is 0.338 e. The lowest BCUT2D eigenvalue weighted by molar-refractivity contribution is -0.384. The van der Waals surface area contributed by atoms with Crippen molar-refractivity contribution < 1.29 is 28.4 Å². The van der Waals surface area contributed by atoms with Gasteiger partial charge >= 0.3 is 11.9 Å². The third kappa shape index (κ3) is 5.60. The molecule has 1 aliphatic rings. The van der Waals surface area contributed by atoms with Gasteiger partial charge in [0.15, 0.2) is 4.80 Å². The molecule has 0 fully saturated rings. The number of allylic oxidation sites excluding steroid dienone is 1. The first-order chi connectivity index (χ1) is 20.2. The average molecular weight is 586 g/mol. The third-order valence-corrected chi connectivity index (χ3v) is 7.28. The van der Waals surface area contributed by atoms with Crippen LogP contribution in [0.1, 0.15) is 31.2 Å². The molecule has 3 heterocycles. The SMILES string of the molecule is C=CCOC(=O)C1=C(C)N=c2s/c(=C\c3ccc(-c4ccc([N+](=O)[O-])cc4)o3)c(=O)n2C1c1ccc(OC(C)=O)cc1. The van der Waals surface area contributed by atoms with E-state index in [-0.39, 0.29) is 17.9 Å². The first-order valence-electron chi connectivity index (χ1n) is 12.6. The van der Waals surface area contributed by atoms with E-state index in [1.165, 1.54) is 29.7 Å². The number of benzene rings is 2. The molecule has 0 aliphatic carbocycles. The molecule has 1 unspecified atom stereocenters. The number of carbonyl (C=O) groups excluding carboxylic acids is 2. The lowest BCUT2D eigenvalue weighted by Crippen LogP contribution is -2.39. The van der Waals surface area contributed by atoms with Crippen LogP contribution >= 0.6 is 11.3 Å². The fraction of sp³-hybridized carbons (Fsp3) is 0.133. The van der Waals surface area contributed by atoms with Crippen LogP contribution < -0.4 is 19.6 Å². The number of furan rings is 1. The predicted molar refractivity (Wildman–Crippen MR) is 153 cm³/mol. The summed E-state index contributed by atoms with van der Waals surface area (Å²) in [5, 5.41) is 11.0. The Hall–Kier alpha value is -5.36. The van der Waals surface area contributed by atoms with Crippen molar-refractivity contribution in [1.29, 1.82) is 0 Å². The van der Waals surface area contributed by atoms with E-state index in [2.05, 4.69) is 11.6 Å². The number of fused-ring (bicyclic) bond motifs is 1. The van der Waals surface area contributed by atoms with Crippen LogP contribution in [0.5, 0.6) is 5.75 Å². The maximum absolute atomic E-state index is 13.8.